The number of likely N-dealkylation sites (tertiary alicyclic amines) is 1. The van der Waals surface area contributed by atoms with Crippen LogP contribution in [0.5, 0.6) is 0 Å². The Morgan fingerprint density at radius 1 is 1.13 bits per heavy atom. The molecule has 2 amide bonds. The van der Waals surface area contributed by atoms with E-state index < -0.39 is 5.60 Å². The van der Waals surface area contributed by atoms with E-state index in [0.717, 1.165) is 18.5 Å². The van der Waals surface area contributed by atoms with Gasteiger partial charge in [-0.1, -0.05) is 23.4 Å². The van der Waals surface area contributed by atoms with E-state index in [2.05, 4.69) is 15.6 Å². The van der Waals surface area contributed by atoms with Crippen LogP contribution in [0.3, 0.4) is 0 Å². The zero-order valence-electron chi connectivity index (χ0n) is 17.0. The SMILES string of the molecule is O=C(NCc1nnn2c1COC1(CCCN(C(=O)c3ccoc3)C1)C2)c1ccccc1. The first-order valence-corrected chi connectivity index (χ1v) is 10.3. The maximum Gasteiger partial charge on any atom is 0.257 e. The molecule has 1 atom stereocenters. The Morgan fingerprint density at radius 3 is 2.81 bits per heavy atom. The lowest BCUT2D eigenvalue weighted by atomic mass is 9.91. The third kappa shape index (κ3) is 3.84. The second kappa shape index (κ2) is 7.99. The number of carbonyl (C=O) groups is 2. The molecule has 1 N–H and O–H groups in total. The van der Waals surface area contributed by atoms with Gasteiger partial charge in [0.2, 0.25) is 0 Å². The first kappa shape index (κ1) is 19.5. The van der Waals surface area contributed by atoms with Gasteiger partial charge in [0.05, 0.1) is 43.8 Å². The Hall–Kier alpha value is -3.46. The van der Waals surface area contributed by atoms with Crippen LogP contribution < -0.4 is 5.32 Å². The highest BCUT2D eigenvalue weighted by atomic mass is 16.5. The fourth-order valence-electron chi connectivity index (χ4n) is 4.27. The van der Waals surface area contributed by atoms with Crippen LogP contribution in [0, 0.1) is 0 Å². The van der Waals surface area contributed by atoms with E-state index in [1.54, 1.807) is 18.2 Å². The molecule has 0 bridgehead atoms. The average Bonchev–Trinajstić information content (AvgIpc) is 3.47. The third-order valence-electron chi connectivity index (χ3n) is 5.92. The number of nitrogens with one attached hydrogen (secondary N) is 1. The van der Waals surface area contributed by atoms with Gasteiger partial charge in [-0.15, -0.1) is 5.10 Å². The van der Waals surface area contributed by atoms with Gasteiger partial charge in [0.1, 0.15) is 17.6 Å². The number of aromatic nitrogens is 3. The number of carbonyl (C=O) groups excluding carboxylic acids is 2. The summed E-state index contributed by atoms with van der Waals surface area (Å²) >= 11 is 0. The molecule has 0 saturated carbocycles. The smallest absolute Gasteiger partial charge is 0.257 e. The van der Waals surface area contributed by atoms with Crippen molar-refractivity contribution in [3.8, 4) is 0 Å². The van der Waals surface area contributed by atoms with Gasteiger partial charge in [0.15, 0.2) is 0 Å². The van der Waals surface area contributed by atoms with Crippen molar-refractivity contribution < 1.29 is 18.7 Å². The molecule has 1 saturated heterocycles. The molecule has 2 aliphatic heterocycles. The van der Waals surface area contributed by atoms with Crippen LogP contribution in [0.25, 0.3) is 0 Å². The van der Waals surface area contributed by atoms with Gasteiger partial charge in [-0.25, -0.2) is 4.68 Å². The number of piperidine rings is 1. The predicted octanol–water partition coefficient (Wildman–Crippen LogP) is 2.01. The van der Waals surface area contributed by atoms with Crippen LogP contribution in [-0.4, -0.2) is 50.4 Å². The van der Waals surface area contributed by atoms with E-state index >= 15 is 0 Å². The molecule has 0 radical (unpaired) electrons. The summed E-state index contributed by atoms with van der Waals surface area (Å²) in [5.41, 5.74) is 2.22. The van der Waals surface area contributed by atoms with E-state index in [0.29, 0.717) is 43.1 Å². The van der Waals surface area contributed by atoms with Crippen molar-refractivity contribution in [1.29, 1.82) is 0 Å². The predicted molar refractivity (Wildman–Crippen MR) is 109 cm³/mol. The highest BCUT2D eigenvalue weighted by molar-refractivity contribution is 5.94. The molecule has 1 fully saturated rings. The Bertz CT molecular complexity index is 1080. The van der Waals surface area contributed by atoms with E-state index in [1.807, 2.05) is 27.8 Å². The lowest BCUT2D eigenvalue weighted by molar-refractivity contribution is -0.122. The molecule has 2 aliphatic rings. The van der Waals surface area contributed by atoms with Crippen molar-refractivity contribution in [2.45, 2.75) is 38.1 Å². The van der Waals surface area contributed by atoms with Crippen LogP contribution in [0.1, 0.15) is 44.9 Å². The van der Waals surface area contributed by atoms with E-state index in [1.165, 1.54) is 12.5 Å². The van der Waals surface area contributed by atoms with E-state index in [9.17, 15) is 9.59 Å². The molecule has 160 valence electrons. The summed E-state index contributed by atoms with van der Waals surface area (Å²) in [4.78, 5) is 26.9. The summed E-state index contributed by atoms with van der Waals surface area (Å²) in [6.45, 7) is 2.34. The Balaban J connectivity index is 1.25. The molecule has 1 unspecified atom stereocenters. The zero-order valence-corrected chi connectivity index (χ0v) is 17.0. The first-order valence-electron chi connectivity index (χ1n) is 10.3. The third-order valence-corrected chi connectivity index (χ3v) is 5.92. The zero-order chi connectivity index (χ0) is 21.3. The Labute approximate surface area is 179 Å². The summed E-state index contributed by atoms with van der Waals surface area (Å²) in [5, 5.41) is 11.4. The van der Waals surface area contributed by atoms with Crippen molar-refractivity contribution >= 4 is 11.8 Å². The monoisotopic (exact) mass is 421 g/mol. The van der Waals surface area contributed by atoms with Crippen molar-refractivity contribution in [2.75, 3.05) is 13.1 Å². The van der Waals surface area contributed by atoms with Gasteiger partial charge in [-0.2, -0.15) is 0 Å². The molecule has 1 aromatic carbocycles. The molecule has 9 heteroatoms. The summed E-state index contributed by atoms with van der Waals surface area (Å²) in [7, 11) is 0. The fraction of sp³-hybridized carbons (Fsp3) is 0.364. The summed E-state index contributed by atoms with van der Waals surface area (Å²) < 4.78 is 13.2. The first-order chi connectivity index (χ1) is 15.1. The van der Waals surface area contributed by atoms with Crippen LogP contribution in [0.2, 0.25) is 0 Å². The van der Waals surface area contributed by atoms with Crippen LogP contribution in [-0.2, 0) is 24.4 Å². The summed E-state index contributed by atoms with van der Waals surface area (Å²) in [6.07, 6.45) is 4.68. The van der Waals surface area contributed by atoms with Crippen LogP contribution in [0.4, 0.5) is 0 Å². The minimum absolute atomic E-state index is 0.0508. The lowest BCUT2D eigenvalue weighted by Gasteiger charge is -2.44. The number of ether oxygens (including phenoxy) is 1. The van der Waals surface area contributed by atoms with Gasteiger partial charge in [0.25, 0.3) is 11.8 Å². The number of rotatable bonds is 4. The van der Waals surface area contributed by atoms with Crippen molar-refractivity contribution in [3.63, 3.8) is 0 Å². The second-order valence-corrected chi connectivity index (χ2v) is 8.00. The highest BCUT2D eigenvalue weighted by Gasteiger charge is 2.42. The maximum absolute atomic E-state index is 12.7. The second-order valence-electron chi connectivity index (χ2n) is 8.00. The summed E-state index contributed by atoms with van der Waals surface area (Å²) in [5.74, 6) is -0.207. The topological polar surface area (TPSA) is 102 Å². The number of hydrogen-bond donors (Lipinski definition) is 1. The normalized spacial score (nSPS) is 20.5. The van der Waals surface area contributed by atoms with Gasteiger partial charge >= 0.3 is 0 Å². The lowest BCUT2D eigenvalue weighted by Crippen LogP contribution is -2.55. The number of furan rings is 1. The van der Waals surface area contributed by atoms with Crippen molar-refractivity contribution in [1.82, 2.24) is 25.2 Å². The standard InChI is InChI=1S/C22H23N5O4/c28-20(16-5-2-1-3-6-16)23-11-18-19-13-31-22(15-27(19)25-24-18)8-4-9-26(14-22)21(29)17-7-10-30-12-17/h1-3,5-7,10,12H,4,8-9,11,13-15H2,(H,23,28). The quantitative estimate of drug-likeness (QED) is 0.691. The summed E-state index contributed by atoms with van der Waals surface area (Å²) in [6, 6.07) is 10.7. The molecule has 1 spiro atoms. The molecule has 4 heterocycles. The Morgan fingerprint density at radius 2 is 2.00 bits per heavy atom. The molecule has 2 aromatic heterocycles. The van der Waals surface area contributed by atoms with Gasteiger partial charge in [0, 0.05) is 12.1 Å². The largest absolute Gasteiger partial charge is 0.472 e. The van der Waals surface area contributed by atoms with Crippen molar-refractivity contribution in [2.24, 2.45) is 0 Å². The number of nitrogens with zero attached hydrogens (tertiary/aromatic N) is 4. The van der Waals surface area contributed by atoms with Gasteiger partial charge < -0.3 is 19.4 Å². The van der Waals surface area contributed by atoms with Gasteiger partial charge in [-0.3, -0.25) is 9.59 Å². The molecular formula is C22H23N5O4. The molecule has 3 aromatic rings. The minimum Gasteiger partial charge on any atom is -0.472 e. The van der Waals surface area contributed by atoms with E-state index in [-0.39, 0.29) is 18.4 Å². The molecule has 9 nitrogen and oxygen atoms in total. The molecule has 5 rings (SSSR count). The van der Waals surface area contributed by atoms with Crippen LogP contribution in [0.15, 0.2) is 53.3 Å². The minimum atomic E-state index is -0.483. The maximum atomic E-state index is 12.7. The highest BCUT2D eigenvalue weighted by Crippen LogP contribution is 2.33. The number of hydrogen-bond acceptors (Lipinski definition) is 6. The van der Waals surface area contributed by atoms with Crippen LogP contribution >= 0.6 is 0 Å². The molecular weight excluding hydrogens is 398 g/mol. The fourth-order valence-corrected chi connectivity index (χ4v) is 4.27. The molecule has 31 heavy (non-hydrogen) atoms. The average molecular weight is 421 g/mol. The van der Waals surface area contributed by atoms with Gasteiger partial charge in [-0.05, 0) is 31.0 Å². The molecule has 0 aliphatic carbocycles. The number of fused-ring (bicyclic) bond motifs is 1. The van der Waals surface area contributed by atoms with E-state index in [4.69, 9.17) is 9.15 Å². The van der Waals surface area contributed by atoms with Crippen molar-refractivity contribution in [3.05, 3.63) is 71.4 Å². The number of benzene rings is 1. The Kier molecular flexibility index (Phi) is 5.03. The number of amides is 2.